The van der Waals surface area contributed by atoms with Gasteiger partial charge in [0.05, 0.1) is 16.8 Å². The van der Waals surface area contributed by atoms with Crippen LogP contribution in [0.5, 0.6) is 5.75 Å². The standard InChI is InChI=1S/C22H33N5OS.HI/c1-4-21-25-19(15-29-21)14-27-11-9-17(10-12-27)13-24-22(23)26-18-5-7-20(8-6-18)28-16(2)3;/h5-8,15-17H,4,9-14H2,1-3H3,(H3,23,24,26);1H. The lowest BCUT2D eigenvalue weighted by Crippen LogP contribution is -2.34. The van der Waals surface area contributed by atoms with Gasteiger partial charge < -0.3 is 15.8 Å². The quantitative estimate of drug-likeness (QED) is 0.286. The minimum atomic E-state index is 0. The van der Waals surface area contributed by atoms with E-state index in [2.05, 4.69) is 32.5 Å². The lowest BCUT2D eigenvalue weighted by atomic mass is 9.97. The topological polar surface area (TPSA) is 75.8 Å². The second-order valence-electron chi connectivity index (χ2n) is 7.85. The predicted octanol–water partition coefficient (Wildman–Crippen LogP) is 4.75. The summed E-state index contributed by atoms with van der Waals surface area (Å²) in [5, 5.41) is 6.59. The van der Waals surface area contributed by atoms with Crippen molar-refractivity contribution >= 4 is 47.0 Å². The Morgan fingerprint density at radius 2 is 2.00 bits per heavy atom. The van der Waals surface area contributed by atoms with Gasteiger partial charge in [-0.05, 0) is 76.4 Å². The Labute approximate surface area is 201 Å². The van der Waals surface area contributed by atoms with Crippen LogP contribution >= 0.6 is 35.3 Å². The Kier molecular flexibility index (Phi) is 10.3. The molecule has 1 fully saturated rings. The summed E-state index contributed by atoms with van der Waals surface area (Å²) in [6.07, 6.45) is 3.50. The van der Waals surface area contributed by atoms with Gasteiger partial charge in [0.15, 0.2) is 5.96 Å². The van der Waals surface area contributed by atoms with Crippen molar-refractivity contribution in [1.29, 1.82) is 0 Å². The Morgan fingerprint density at radius 1 is 1.30 bits per heavy atom. The van der Waals surface area contributed by atoms with Crippen LogP contribution in [0.2, 0.25) is 0 Å². The number of nitrogens with zero attached hydrogens (tertiary/aromatic N) is 3. The Bertz CT molecular complexity index is 785. The van der Waals surface area contributed by atoms with Crippen LogP contribution < -0.4 is 15.8 Å². The van der Waals surface area contributed by atoms with Crippen LogP contribution in [0.1, 0.15) is 44.3 Å². The molecule has 3 N–H and O–H groups in total. The first-order valence-corrected chi connectivity index (χ1v) is 11.4. The molecule has 0 unspecified atom stereocenters. The van der Waals surface area contributed by atoms with Crippen molar-refractivity contribution in [2.75, 3.05) is 25.0 Å². The molecule has 2 heterocycles. The first-order valence-electron chi connectivity index (χ1n) is 10.5. The summed E-state index contributed by atoms with van der Waals surface area (Å²) in [4.78, 5) is 11.7. The second kappa shape index (κ2) is 12.5. The normalized spacial score (nSPS) is 15.8. The molecule has 166 valence electrons. The van der Waals surface area contributed by atoms with Crippen LogP contribution in [-0.4, -0.2) is 41.6 Å². The fourth-order valence-corrected chi connectivity index (χ4v) is 4.18. The monoisotopic (exact) mass is 543 g/mol. The van der Waals surface area contributed by atoms with E-state index in [-0.39, 0.29) is 30.1 Å². The highest BCUT2D eigenvalue weighted by atomic mass is 127. The number of benzene rings is 1. The molecular formula is C22H34IN5OS. The van der Waals surface area contributed by atoms with Crippen molar-refractivity contribution < 1.29 is 4.74 Å². The van der Waals surface area contributed by atoms with Crippen LogP contribution in [0.15, 0.2) is 34.6 Å². The lowest BCUT2D eigenvalue weighted by molar-refractivity contribution is 0.179. The molecule has 1 aromatic carbocycles. The van der Waals surface area contributed by atoms with Crippen molar-refractivity contribution in [3.8, 4) is 5.75 Å². The van der Waals surface area contributed by atoms with Gasteiger partial charge >= 0.3 is 0 Å². The molecule has 0 atom stereocenters. The van der Waals surface area contributed by atoms with Gasteiger partial charge in [0.1, 0.15) is 5.75 Å². The molecule has 0 radical (unpaired) electrons. The Balaban J connectivity index is 0.00000320. The van der Waals surface area contributed by atoms with Crippen LogP contribution in [-0.2, 0) is 13.0 Å². The number of rotatable bonds is 8. The van der Waals surface area contributed by atoms with Gasteiger partial charge in [-0.2, -0.15) is 0 Å². The first kappa shape index (κ1) is 24.9. The molecule has 1 aliphatic rings. The molecule has 30 heavy (non-hydrogen) atoms. The predicted molar refractivity (Wildman–Crippen MR) is 137 cm³/mol. The van der Waals surface area contributed by atoms with Gasteiger partial charge in [-0.1, -0.05) is 6.92 Å². The lowest BCUT2D eigenvalue weighted by Gasteiger charge is -2.30. The third-order valence-corrected chi connectivity index (χ3v) is 6.05. The van der Waals surface area contributed by atoms with Crippen LogP contribution in [0.25, 0.3) is 0 Å². The molecule has 0 bridgehead atoms. The summed E-state index contributed by atoms with van der Waals surface area (Å²) in [7, 11) is 0. The van der Waals surface area contributed by atoms with E-state index in [0.29, 0.717) is 11.9 Å². The number of likely N-dealkylation sites (tertiary alicyclic amines) is 1. The van der Waals surface area contributed by atoms with E-state index in [1.165, 1.54) is 10.7 Å². The van der Waals surface area contributed by atoms with E-state index >= 15 is 0 Å². The second-order valence-corrected chi connectivity index (χ2v) is 8.79. The molecule has 0 amide bonds. The highest BCUT2D eigenvalue weighted by molar-refractivity contribution is 14.0. The van der Waals surface area contributed by atoms with E-state index in [4.69, 9.17) is 10.5 Å². The van der Waals surface area contributed by atoms with Crippen molar-refractivity contribution in [3.05, 3.63) is 40.3 Å². The number of nitrogens with two attached hydrogens (primary N) is 1. The summed E-state index contributed by atoms with van der Waals surface area (Å²) in [5.74, 6) is 1.92. The minimum Gasteiger partial charge on any atom is -0.491 e. The number of thiazole rings is 1. The number of aryl methyl sites for hydroxylation is 1. The summed E-state index contributed by atoms with van der Waals surface area (Å²) >= 11 is 1.77. The molecule has 2 aromatic rings. The van der Waals surface area contributed by atoms with Gasteiger partial charge in [0, 0.05) is 24.2 Å². The molecule has 1 saturated heterocycles. The van der Waals surface area contributed by atoms with Gasteiger partial charge in [-0.25, -0.2) is 4.98 Å². The molecule has 3 rings (SSSR count). The summed E-state index contributed by atoms with van der Waals surface area (Å²) in [5.41, 5.74) is 8.21. The van der Waals surface area contributed by atoms with Crippen molar-refractivity contribution in [2.24, 2.45) is 16.6 Å². The van der Waals surface area contributed by atoms with Gasteiger partial charge in [0.2, 0.25) is 0 Å². The maximum Gasteiger partial charge on any atom is 0.193 e. The number of aromatic nitrogens is 1. The van der Waals surface area contributed by atoms with E-state index in [9.17, 15) is 0 Å². The molecular weight excluding hydrogens is 509 g/mol. The first-order chi connectivity index (χ1) is 14.0. The number of anilines is 1. The largest absolute Gasteiger partial charge is 0.491 e. The van der Waals surface area contributed by atoms with Gasteiger partial charge in [-0.3, -0.25) is 9.89 Å². The van der Waals surface area contributed by atoms with Crippen LogP contribution in [0.3, 0.4) is 0 Å². The summed E-state index contributed by atoms with van der Waals surface area (Å²) in [6.45, 7) is 10.1. The third-order valence-electron chi connectivity index (χ3n) is 5.01. The fraction of sp³-hybridized carbons (Fsp3) is 0.545. The van der Waals surface area contributed by atoms with Gasteiger partial charge in [-0.15, -0.1) is 35.3 Å². The summed E-state index contributed by atoms with van der Waals surface area (Å²) < 4.78 is 5.66. The molecule has 1 aromatic heterocycles. The zero-order valence-electron chi connectivity index (χ0n) is 18.1. The average molecular weight is 544 g/mol. The fourth-order valence-electron chi connectivity index (χ4n) is 3.44. The Hall–Kier alpha value is -1.39. The highest BCUT2D eigenvalue weighted by Crippen LogP contribution is 2.21. The number of ether oxygens (including phenoxy) is 1. The molecule has 0 saturated carbocycles. The highest BCUT2D eigenvalue weighted by Gasteiger charge is 2.19. The van der Waals surface area contributed by atoms with Crippen LogP contribution in [0.4, 0.5) is 5.69 Å². The number of guanidine groups is 1. The maximum atomic E-state index is 6.08. The molecule has 8 heteroatoms. The average Bonchev–Trinajstić information content (AvgIpc) is 3.16. The molecule has 0 aliphatic carbocycles. The van der Waals surface area contributed by atoms with E-state index in [1.807, 2.05) is 38.1 Å². The minimum absolute atomic E-state index is 0. The SMILES string of the molecule is CCc1nc(CN2CCC(CN=C(N)Nc3ccc(OC(C)C)cc3)CC2)cs1.I. The number of halogens is 1. The van der Waals surface area contributed by atoms with Gasteiger partial charge in [0.25, 0.3) is 0 Å². The maximum absolute atomic E-state index is 6.08. The van der Waals surface area contributed by atoms with E-state index in [0.717, 1.165) is 56.9 Å². The Morgan fingerprint density at radius 3 is 2.60 bits per heavy atom. The van der Waals surface area contributed by atoms with E-state index < -0.39 is 0 Å². The zero-order valence-corrected chi connectivity index (χ0v) is 21.3. The number of hydrogen-bond acceptors (Lipinski definition) is 5. The number of piperidine rings is 1. The number of nitrogens with one attached hydrogen (secondary N) is 1. The van der Waals surface area contributed by atoms with Crippen LogP contribution in [0, 0.1) is 5.92 Å². The third kappa shape index (κ3) is 8.03. The summed E-state index contributed by atoms with van der Waals surface area (Å²) in [6, 6.07) is 7.80. The number of aliphatic imine (C=N–C) groups is 1. The zero-order chi connectivity index (χ0) is 20.6. The smallest absolute Gasteiger partial charge is 0.193 e. The van der Waals surface area contributed by atoms with E-state index in [1.54, 1.807) is 11.3 Å². The number of hydrogen-bond donors (Lipinski definition) is 2. The molecule has 1 aliphatic heterocycles. The van der Waals surface area contributed by atoms with Crippen molar-refractivity contribution in [2.45, 2.75) is 52.7 Å². The van der Waals surface area contributed by atoms with Crippen molar-refractivity contribution in [3.63, 3.8) is 0 Å². The molecule has 6 nitrogen and oxygen atoms in total. The molecule has 0 spiro atoms. The van der Waals surface area contributed by atoms with Crippen molar-refractivity contribution in [1.82, 2.24) is 9.88 Å².